The van der Waals surface area contributed by atoms with E-state index in [2.05, 4.69) is 5.32 Å². The van der Waals surface area contributed by atoms with Crippen LogP contribution in [0.15, 0.2) is 24.3 Å². The molecule has 0 saturated carbocycles. The van der Waals surface area contributed by atoms with Crippen LogP contribution in [0.4, 0.5) is 23.7 Å². The van der Waals surface area contributed by atoms with E-state index in [-0.39, 0.29) is 31.1 Å². The molecule has 24 heavy (non-hydrogen) atoms. The third kappa shape index (κ3) is 5.01. The number of nitrogens with two attached hydrogens (primary N) is 1. The fraction of sp³-hybridized carbons (Fsp3) is 0.429. The number of urea groups is 1. The molecule has 3 amide bonds. The Balaban J connectivity index is 2.02. The van der Waals surface area contributed by atoms with E-state index in [1.807, 2.05) is 0 Å². The first-order valence-electron chi connectivity index (χ1n) is 7.01. The second kappa shape index (κ2) is 7.39. The van der Waals surface area contributed by atoms with Crippen molar-refractivity contribution in [2.75, 3.05) is 31.6 Å². The monoisotopic (exact) mass is 347 g/mol. The van der Waals surface area contributed by atoms with Gasteiger partial charge in [-0.05, 0) is 12.1 Å². The molecule has 0 unspecified atom stereocenters. The lowest BCUT2D eigenvalue weighted by Gasteiger charge is -2.31. The molecule has 2 rings (SSSR count). The number of hydrogen-bond acceptors (Lipinski definition) is 4. The summed E-state index contributed by atoms with van der Waals surface area (Å²) in [6.07, 6.45) is -5.41. The summed E-state index contributed by atoms with van der Waals surface area (Å²) >= 11 is 0. The van der Waals surface area contributed by atoms with Crippen molar-refractivity contribution in [1.82, 2.24) is 4.90 Å². The number of morpholine rings is 1. The van der Waals surface area contributed by atoms with Crippen LogP contribution in [0.25, 0.3) is 0 Å². The van der Waals surface area contributed by atoms with Crippen molar-refractivity contribution in [2.45, 2.75) is 12.3 Å². The summed E-state index contributed by atoms with van der Waals surface area (Å²) < 4.78 is 46.6. The lowest BCUT2D eigenvalue weighted by molar-refractivity contribution is -0.153. The number of halogens is 3. The van der Waals surface area contributed by atoms with Crippen molar-refractivity contribution < 1.29 is 32.2 Å². The van der Waals surface area contributed by atoms with Gasteiger partial charge in [0, 0.05) is 6.54 Å². The number of rotatable bonds is 4. The normalized spacial score (nSPS) is 18.1. The minimum atomic E-state index is -4.49. The van der Waals surface area contributed by atoms with Gasteiger partial charge in [0.1, 0.15) is 5.75 Å². The minimum absolute atomic E-state index is 0.0350. The van der Waals surface area contributed by atoms with E-state index in [0.717, 1.165) is 0 Å². The number of carbonyl (C=O) groups is 2. The summed E-state index contributed by atoms with van der Waals surface area (Å²) in [5.74, 6) is -0.802. The van der Waals surface area contributed by atoms with Gasteiger partial charge in [-0.2, -0.15) is 13.2 Å². The zero-order chi connectivity index (χ0) is 17.7. The maximum absolute atomic E-state index is 12.3. The molecule has 132 valence electrons. The number of primary amides is 1. The lowest BCUT2D eigenvalue weighted by atomic mass is 10.2. The fourth-order valence-electron chi connectivity index (χ4n) is 2.06. The first kappa shape index (κ1) is 17.9. The van der Waals surface area contributed by atoms with Crippen molar-refractivity contribution in [3.63, 3.8) is 0 Å². The van der Waals surface area contributed by atoms with Gasteiger partial charge >= 0.3 is 12.2 Å². The molecule has 0 radical (unpaired) electrons. The van der Waals surface area contributed by atoms with Gasteiger partial charge in [-0.15, -0.1) is 0 Å². The van der Waals surface area contributed by atoms with E-state index >= 15 is 0 Å². The molecule has 7 nitrogen and oxygen atoms in total. The van der Waals surface area contributed by atoms with Crippen molar-refractivity contribution in [1.29, 1.82) is 0 Å². The van der Waals surface area contributed by atoms with Crippen LogP contribution in [-0.2, 0) is 9.53 Å². The maximum atomic E-state index is 12.3. The highest BCUT2D eigenvalue weighted by molar-refractivity contribution is 5.91. The highest BCUT2D eigenvalue weighted by atomic mass is 19.4. The molecule has 10 heteroatoms. The van der Waals surface area contributed by atoms with E-state index in [9.17, 15) is 22.8 Å². The molecule has 1 aliphatic heterocycles. The second-order valence-corrected chi connectivity index (χ2v) is 5.04. The van der Waals surface area contributed by atoms with Gasteiger partial charge in [0.05, 0.1) is 18.8 Å². The molecule has 1 atom stereocenters. The van der Waals surface area contributed by atoms with Crippen LogP contribution in [0.2, 0.25) is 0 Å². The Morgan fingerprint density at radius 3 is 2.75 bits per heavy atom. The van der Waals surface area contributed by atoms with E-state index in [1.54, 1.807) is 6.07 Å². The standard InChI is InChI=1S/C14H16F3N3O4/c15-14(16,17)8-24-10-4-2-1-3-9(10)19-13(22)20-5-6-23-11(7-20)12(18)21/h1-4,11H,5-8H2,(H2,18,21)(H,19,22)/t11-/m1/s1. The van der Waals surface area contributed by atoms with Gasteiger partial charge in [0.15, 0.2) is 12.7 Å². The second-order valence-electron chi connectivity index (χ2n) is 5.04. The SMILES string of the molecule is NC(=O)[C@H]1CN(C(=O)Nc2ccccc2OCC(F)(F)F)CCO1. The van der Waals surface area contributed by atoms with Crippen LogP contribution in [0, 0.1) is 0 Å². The van der Waals surface area contributed by atoms with E-state index < -0.39 is 30.8 Å². The minimum Gasteiger partial charge on any atom is -0.482 e. The van der Waals surface area contributed by atoms with E-state index in [4.69, 9.17) is 15.2 Å². The van der Waals surface area contributed by atoms with Gasteiger partial charge < -0.3 is 25.4 Å². The molecule has 1 heterocycles. The van der Waals surface area contributed by atoms with Crippen molar-refractivity contribution in [3.05, 3.63) is 24.3 Å². The Kier molecular flexibility index (Phi) is 5.50. The Hall–Kier alpha value is -2.49. The largest absolute Gasteiger partial charge is 0.482 e. The average Bonchev–Trinajstić information content (AvgIpc) is 2.53. The number of amides is 3. The summed E-state index contributed by atoms with van der Waals surface area (Å²) in [6.45, 7) is -1.15. The maximum Gasteiger partial charge on any atom is 0.422 e. The third-order valence-electron chi connectivity index (χ3n) is 3.19. The summed E-state index contributed by atoms with van der Waals surface area (Å²) in [7, 11) is 0. The highest BCUT2D eigenvalue weighted by Crippen LogP contribution is 2.26. The first-order valence-corrected chi connectivity index (χ1v) is 7.01. The summed E-state index contributed by atoms with van der Waals surface area (Å²) in [4.78, 5) is 24.6. The van der Waals surface area contributed by atoms with Crippen LogP contribution < -0.4 is 15.8 Å². The number of para-hydroxylation sites is 2. The predicted octanol–water partition coefficient (Wildman–Crippen LogP) is 1.35. The first-order chi connectivity index (χ1) is 11.3. The van der Waals surface area contributed by atoms with Crippen molar-refractivity contribution in [2.24, 2.45) is 5.73 Å². The molecule has 1 fully saturated rings. The van der Waals surface area contributed by atoms with Gasteiger partial charge in [-0.1, -0.05) is 12.1 Å². The topological polar surface area (TPSA) is 93.9 Å². The number of alkyl halides is 3. The molecular weight excluding hydrogens is 331 g/mol. The van der Waals surface area contributed by atoms with Crippen molar-refractivity contribution in [3.8, 4) is 5.75 Å². The molecule has 3 N–H and O–H groups in total. The Morgan fingerprint density at radius 1 is 1.38 bits per heavy atom. The molecule has 0 aromatic heterocycles. The van der Waals surface area contributed by atoms with E-state index in [1.165, 1.54) is 23.1 Å². The van der Waals surface area contributed by atoms with Gasteiger partial charge in [-0.3, -0.25) is 4.79 Å². The van der Waals surface area contributed by atoms with Gasteiger partial charge in [0.2, 0.25) is 5.91 Å². The van der Waals surface area contributed by atoms with Crippen LogP contribution in [0.5, 0.6) is 5.75 Å². The number of carbonyl (C=O) groups excluding carboxylic acids is 2. The number of benzene rings is 1. The van der Waals surface area contributed by atoms with Crippen LogP contribution >= 0.6 is 0 Å². The van der Waals surface area contributed by atoms with Gasteiger partial charge in [0.25, 0.3) is 0 Å². The number of anilines is 1. The van der Waals surface area contributed by atoms with Crippen LogP contribution in [-0.4, -0.2) is 55.4 Å². The number of hydrogen-bond donors (Lipinski definition) is 2. The van der Waals surface area contributed by atoms with Crippen LogP contribution in [0.3, 0.4) is 0 Å². The summed E-state index contributed by atoms with van der Waals surface area (Å²) in [6, 6.07) is 5.16. The predicted molar refractivity (Wildman–Crippen MR) is 77.5 cm³/mol. The van der Waals surface area contributed by atoms with E-state index in [0.29, 0.717) is 0 Å². The summed E-state index contributed by atoms with van der Waals surface area (Å²) in [5, 5.41) is 2.46. The molecule has 0 bridgehead atoms. The number of nitrogens with one attached hydrogen (secondary N) is 1. The molecule has 1 aliphatic rings. The molecule has 1 aromatic rings. The molecule has 0 aliphatic carbocycles. The lowest BCUT2D eigenvalue weighted by Crippen LogP contribution is -2.51. The van der Waals surface area contributed by atoms with Crippen LogP contribution in [0.1, 0.15) is 0 Å². The molecule has 0 spiro atoms. The average molecular weight is 347 g/mol. The molecule has 1 aromatic carbocycles. The number of ether oxygens (including phenoxy) is 2. The Morgan fingerprint density at radius 2 is 2.08 bits per heavy atom. The Bertz CT molecular complexity index is 609. The summed E-state index contributed by atoms with van der Waals surface area (Å²) in [5.41, 5.74) is 5.23. The fourth-order valence-corrected chi connectivity index (χ4v) is 2.06. The smallest absolute Gasteiger partial charge is 0.422 e. The Labute approximate surface area is 135 Å². The van der Waals surface area contributed by atoms with Gasteiger partial charge in [-0.25, -0.2) is 4.79 Å². The molecule has 1 saturated heterocycles. The molecular formula is C14H16F3N3O4. The zero-order valence-electron chi connectivity index (χ0n) is 12.5. The number of nitrogens with zero attached hydrogens (tertiary/aromatic N) is 1. The quantitative estimate of drug-likeness (QED) is 0.860. The van der Waals surface area contributed by atoms with Crippen molar-refractivity contribution >= 4 is 17.6 Å². The highest BCUT2D eigenvalue weighted by Gasteiger charge is 2.30. The zero-order valence-corrected chi connectivity index (χ0v) is 12.5. The third-order valence-corrected chi connectivity index (χ3v) is 3.19.